The van der Waals surface area contributed by atoms with Crippen LogP contribution >= 0.6 is 11.6 Å². The Balaban J connectivity index is 2.40. The highest BCUT2D eigenvalue weighted by Gasteiger charge is 2.11. The van der Waals surface area contributed by atoms with Crippen LogP contribution in [0.1, 0.15) is 27.0 Å². The van der Waals surface area contributed by atoms with Gasteiger partial charge in [0.1, 0.15) is 0 Å². The number of hydrogen-bond donors (Lipinski definition) is 0. The molecule has 2 aromatic rings. The maximum atomic E-state index is 12.2. The van der Waals surface area contributed by atoms with E-state index in [9.17, 15) is 4.79 Å². The molecule has 0 spiro atoms. The molecule has 0 fully saturated rings. The molecule has 0 aromatic heterocycles. The fourth-order valence-electron chi connectivity index (χ4n) is 1.83. The van der Waals surface area contributed by atoms with Gasteiger partial charge in [-0.15, -0.1) is 0 Å². The van der Waals surface area contributed by atoms with Crippen LogP contribution < -0.4 is 0 Å². The van der Waals surface area contributed by atoms with E-state index in [4.69, 9.17) is 11.6 Å². The highest BCUT2D eigenvalue weighted by molar-refractivity contribution is 6.30. The molecule has 0 bridgehead atoms. The van der Waals surface area contributed by atoms with Crippen LogP contribution in [0.3, 0.4) is 0 Å². The number of halogens is 1. The third-order valence-electron chi connectivity index (χ3n) is 2.73. The van der Waals surface area contributed by atoms with Gasteiger partial charge in [-0.1, -0.05) is 35.4 Å². The fraction of sp³-hybridized carbons (Fsp3) is 0.133. The summed E-state index contributed by atoms with van der Waals surface area (Å²) in [4.78, 5) is 12.2. The van der Waals surface area contributed by atoms with Gasteiger partial charge in [-0.2, -0.15) is 0 Å². The van der Waals surface area contributed by atoms with Crippen molar-refractivity contribution >= 4 is 17.4 Å². The van der Waals surface area contributed by atoms with Crippen molar-refractivity contribution < 1.29 is 4.79 Å². The molecule has 0 saturated heterocycles. The van der Waals surface area contributed by atoms with Crippen molar-refractivity contribution in [3.8, 4) is 0 Å². The van der Waals surface area contributed by atoms with Crippen LogP contribution in [0.15, 0.2) is 42.5 Å². The molecule has 0 aliphatic rings. The second-order valence-corrected chi connectivity index (χ2v) is 4.59. The molecule has 2 aromatic carbocycles. The molecule has 17 heavy (non-hydrogen) atoms. The minimum absolute atomic E-state index is 0.0409. The van der Waals surface area contributed by atoms with Gasteiger partial charge >= 0.3 is 0 Å². The Bertz CT molecular complexity index is 556. The molecule has 0 aliphatic carbocycles. The average Bonchev–Trinajstić information content (AvgIpc) is 2.29. The lowest BCUT2D eigenvalue weighted by molar-refractivity contribution is 0.103. The maximum Gasteiger partial charge on any atom is 0.193 e. The van der Waals surface area contributed by atoms with Crippen LogP contribution in [0.4, 0.5) is 0 Å². The van der Waals surface area contributed by atoms with E-state index in [1.54, 1.807) is 24.3 Å². The van der Waals surface area contributed by atoms with Crippen LogP contribution in [0.5, 0.6) is 0 Å². The van der Waals surface area contributed by atoms with E-state index in [-0.39, 0.29) is 5.78 Å². The maximum absolute atomic E-state index is 12.2. The first kappa shape index (κ1) is 11.9. The lowest BCUT2D eigenvalue weighted by Gasteiger charge is -2.06. The third-order valence-corrected chi connectivity index (χ3v) is 2.98. The summed E-state index contributed by atoms with van der Waals surface area (Å²) in [5.41, 5.74) is 3.58. The van der Waals surface area contributed by atoms with Crippen LogP contribution in [0.25, 0.3) is 0 Å². The lowest BCUT2D eigenvalue weighted by Crippen LogP contribution is -2.03. The highest BCUT2D eigenvalue weighted by atomic mass is 35.5. The molecule has 86 valence electrons. The van der Waals surface area contributed by atoms with Crippen molar-refractivity contribution in [1.29, 1.82) is 0 Å². The van der Waals surface area contributed by atoms with Gasteiger partial charge in [0.25, 0.3) is 0 Å². The minimum atomic E-state index is 0.0409. The van der Waals surface area contributed by atoms with Crippen LogP contribution in [-0.4, -0.2) is 5.78 Å². The number of benzene rings is 2. The van der Waals surface area contributed by atoms with Gasteiger partial charge in [0.05, 0.1) is 0 Å². The third kappa shape index (κ3) is 2.56. The zero-order valence-electron chi connectivity index (χ0n) is 9.83. The summed E-state index contributed by atoms with van der Waals surface area (Å²) >= 11 is 5.80. The Morgan fingerprint density at radius 2 is 1.65 bits per heavy atom. The quantitative estimate of drug-likeness (QED) is 0.724. The normalized spacial score (nSPS) is 10.3. The van der Waals surface area contributed by atoms with Gasteiger partial charge in [-0.3, -0.25) is 4.79 Å². The molecular formula is C15H13ClO. The lowest BCUT2D eigenvalue weighted by atomic mass is 9.98. The standard InChI is InChI=1S/C15H13ClO/c1-10-3-8-14(11(2)9-10)15(17)12-4-6-13(16)7-5-12/h3-9H,1-2H3. The fourth-order valence-corrected chi connectivity index (χ4v) is 1.95. The van der Waals surface area contributed by atoms with Crippen molar-refractivity contribution in [2.45, 2.75) is 13.8 Å². The first-order valence-electron chi connectivity index (χ1n) is 5.45. The van der Waals surface area contributed by atoms with Gasteiger partial charge in [0.15, 0.2) is 5.78 Å². The molecule has 0 saturated carbocycles. The second kappa shape index (κ2) is 4.72. The molecule has 2 rings (SSSR count). The first-order valence-corrected chi connectivity index (χ1v) is 5.83. The van der Waals surface area contributed by atoms with Gasteiger partial charge in [0, 0.05) is 16.1 Å². The summed E-state index contributed by atoms with van der Waals surface area (Å²) in [5.74, 6) is 0.0409. The Hall–Kier alpha value is -1.60. The smallest absolute Gasteiger partial charge is 0.193 e. The molecule has 2 heteroatoms. The van der Waals surface area contributed by atoms with E-state index in [0.29, 0.717) is 10.6 Å². The summed E-state index contributed by atoms with van der Waals surface area (Å²) in [7, 11) is 0. The van der Waals surface area contributed by atoms with Gasteiger partial charge < -0.3 is 0 Å². The predicted octanol–water partition coefficient (Wildman–Crippen LogP) is 4.19. The molecule has 0 radical (unpaired) electrons. The van der Waals surface area contributed by atoms with Crippen LogP contribution in [0.2, 0.25) is 5.02 Å². The van der Waals surface area contributed by atoms with Crippen molar-refractivity contribution in [1.82, 2.24) is 0 Å². The topological polar surface area (TPSA) is 17.1 Å². The molecule has 0 heterocycles. The van der Waals surface area contributed by atoms with Gasteiger partial charge in [-0.05, 0) is 43.7 Å². The number of carbonyl (C=O) groups excluding carboxylic acids is 1. The van der Waals surface area contributed by atoms with Crippen LogP contribution in [-0.2, 0) is 0 Å². The minimum Gasteiger partial charge on any atom is -0.289 e. The second-order valence-electron chi connectivity index (χ2n) is 4.15. The molecule has 0 atom stereocenters. The molecule has 0 aliphatic heterocycles. The summed E-state index contributed by atoms with van der Waals surface area (Å²) in [6.45, 7) is 3.97. The zero-order chi connectivity index (χ0) is 12.4. The van der Waals surface area contributed by atoms with Crippen molar-refractivity contribution in [2.24, 2.45) is 0 Å². The van der Waals surface area contributed by atoms with Gasteiger partial charge in [0.2, 0.25) is 0 Å². The molecule has 0 amide bonds. The summed E-state index contributed by atoms with van der Waals surface area (Å²) < 4.78 is 0. The Labute approximate surface area is 106 Å². The van der Waals surface area contributed by atoms with Crippen molar-refractivity contribution in [3.05, 3.63) is 69.7 Å². The summed E-state index contributed by atoms with van der Waals surface area (Å²) in [6, 6.07) is 12.8. The van der Waals surface area contributed by atoms with Crippen LogP contribution in [0, 0.1) is 13.8 Å². The SMILES string of the molecule is Cc1ccc(C(=O)c2ccc(Cl)cc2)c(C)c1. The number of hydrogen-bond acceptors (Lipinski definition) is 1. The summed E-state index contributed by atoms with van der Waals surface area (Å²) in [6.07, 6.45) is 0. The predicted molar refractivity (Wildman–Crippen MR) is 70.8 cm³/mol. The zero-order valence-corrected chi connectivity index (χ0v) is 10.6. The molecule has 0 unspecified atom stereocenters. The van der Waals surface area contributed by atoms with E-state index in [1.165, 1.54) is 0 Å². The molecular weight excluding hydrogens is 232 g/mol. The van der Waals surface area contributed by atoms with Gasteiger partial charge in [-0.25, -0.2) is 0 Å². The van der Waals surface area contributed by atoms with E-state index in [2.05, 4.69) is 0 Å². The first-order chi connectivity index (χ1) is 8.08. The van der Waals surface area contributed by atoms with E-state index >= 15 is 0 Å². The Morgan fingerprint density at radius 3 is 2.24 bits per heavy atom. The summed E-state index contributed by atoms with van der Waals surface area (Å²) in [5, 5.41) is 0.641. The Kier molecular flexibility index (Phi) is 3.30. The van der Waals surface area contributed by atoms with E-state index in [0.717, 1.165) is 16.7 Å². The monoisotopic (exact) mass is 244 g/mol. The largest absolute Gasteiger partial charge is 0.289 e. The van der Waals surface area contributed by atoms with E-state index < -0.39 is 0 Å². The average molecular weight is 245 g/mol. The molecule has 1 nitrogen and oxygen atoms in total. The van der Waals surface area contributed by atoms with Crippen molar-refractivity contribution in [2.75, 3.05) is 0 Å². The number of ketones is 1. The number of rotatable bonds is 2. The Morgan fingerprint density at radius 1 is 1.00 bits per heavy atom. The van der Waals surface area contributed by atoms with E-state index in [1.807, 2.05) is 32.0 Å². The number of carbonyl (C=O) groups is 1. The van der Waals surface area contributed by atoms with Crippen molar-refractivity contribution in [3.63, 3.8) is 0 Å². The highest BCUT2D eigenvalue weighted by Crippen LogP contribution is 2.17. The molecule has 0 N–H and O–H groups in total. The number of aryl methyl sites for hydroxylation is 2.